The average molecular weight is 270 g/mol. The van der Waals surface area contributed by atoms with Gasteiger partial charge in [-0.2, -0.15) is 0 Å². The molecule has 0 aliphatic heterocycles. The van der Waals surface area contributed by atoms with E-state index in [0.717, 1.165) is 30.1 Å². The number of anilines is 1. The Hall–Kier alpha value is -2.00. The summed E-state index contributed by atoms with van der Waals surface area (Å²) in [5, 5.41) is 0. The predicted molar refractivity (Wildman–Crippen MR) is 83.8 cm³/mol. The molecule has 0 heterocycles. The van der Waals surface area contributed by atoms with Crippen molar-refractivity contribution in [2.24, 2.45) is 0 Å². The van der Waals surface area contributed by atoms with Gasteiger partial charge in [0.25, 0.3) is 0 Å². The number of hydrogen-bond donors (Lipinski definition) is 1. The van der Waals surface area contributed by atoms with Crippen LogP contribution >= 0.6 is 0 Å². The van der Waals surface area contributed by atoms with Crippen molar-refractivity contribution in [1.29, 1.82) is 0 Å². The fourth-order valence-electron chi connectivity index (χ4n) is 2.35. The monoisotopic (exact) mass is 270 g/mol. The second-order valence-electron chi connectivity index (χ2n) is 5.17. The Balaban J connectivity index is 2.10. The molecule has 0 atom stereocenters. The Morgan fingerprint density at radius 3 is 2.45 bits per heavy atom. The Labute approximate surface area is 121 Å². The van der Waals surface area contributed by atoms with Gasteiger partial charge in [0.05, 0.1) is 7.11 Å². The molecule has 20 heavy (non-hydrogen) atoms. The summed E-state index contributed by atoms with van der Waals surface area (Å²) in [6.45, 7) is 3.86. The molecule has 3 nitrogen and oxygen atoms in total. The predicted octanol–water partition coefficient (Wildman–Crippen LogP) is 3.22. The van der Waals surface area contributed by atoms with E-state index in [4.69, 9.17) is 10.5 Å². The highest BCUT2D eigenvalue weighted by atomic mass is 16.5. The molecule has 2 N–H and O–H groups in total. The first kappa shape index (κ1) is 14.4. The summed E-state index contributed by atoms with van der Waals surface area (Å²) in [4.78, 5) is 2.26. The lowest BCUT2D eigenvalue weighted by Gasteiger charge is -2.19. The summed E-state index contributed by atoms with van der Waals surface area (Å²) in [5.41, 5.74) is 10.4. The molecular weight excluding hydrogens is 248 g/mol. The third-order valence-corrected chi connectivity index (χ3v) is 3.45. The van der Waals surface area contributed by atoms with E-state index < -0.39 is 0 Å². The summed E-state index contributed by atoms with van der Waals surface area (Å²) in [6.07, 6.45) is 0. The smallest absolute Gasteiger partial charge is 0.123 e. The molecule has 0 aliphatic carbocycles. The average Bonchev–Trinajstić information content (AvgIpc) is 2.41. The van der Waals surface area contributed by atoms with Crippen molar-refractivity contribution >= 4 is 5.69 Å². The fourth-order valence-corrected chi connectivity index (χ4v) is 2.35. The summed E-state index contributed by atoms with van der Waals surface area (Å²) in [7, 11) is 3.80. The van der Waals surface area contributed by atoms with Crippen molar-refractivity contribution in [2.75, 3.05) is 19.9 Å². The molecule has 0 amide bonds. The molecule has 3 heteroatoms. The Morgan fingerprint density at radius 2 is 1.75 bits per heavy atom. The van der Waals surface area contributed by atoms with Gasteiger partial charge < -0.3 is 10.5 Å². The van der Waals surface area contributed by atoms with Crippen molar-refractivity contribution < 1.29 is 4.74 Å². The highest BCUT2D eigenvalue weighted by Crippen LogP contribution is 2.23. The number of rotatable bonds is 5. The summed E-state index contributed by atoms with van der Waals surface area (Å²) in [6, 6.07) is 14.2. The van der Waals surface area contributed by atoms with Gasteiger partial charge in [-0.15, -0.1) is 0 Å². The molecular formula is C17H22N2O. The van der Waals surface area contributed by atoms with Crippen LogP contribution in [-0.2, 0) is 13.1 Å². The molecule has 2 aromatic carbocycles. The fraction of sp³-hybridized carbons (Fsp3) is 0.294. The molecule has 2 aromatic rings. The van der Waals surface area contributed by atoms with Crippen LogP contribution in [0.2, 0.25) is 0 Å². The molecule has 0 unspecified atom stereocenters. The molecule has 0 aromatic heterocycles. The van der Waals surface area contributed by atoms with Crippen LogP contribution in [0, 0.1) is 6.92 Å². The second kappa shape index (κ2) is 6.44. The largest absolute Gasteiger partial charge is 0.496 e. The van der Waals surface area contributed by atoms with Crippen LogP contribution in [0.15, 0.2) is 42.5 Å². The zero-order chi connectivity index (χ0) is 14.5. The second-order valence-corrected chi connectivity index (χ2v) is 5.17. The number of aryl methyl sites for hydroxylation is 1. The van der Waals surface area contributed by atoms with Crippen LogP contribution in [0.5, 0.6) is 5.75 Å². The van der Waals surface area contributed by atoms with Crippen LogP contribution in [0.25, 0.3) is 0 Å². The number of nitrogens with zero attached hydrogens (tertiary/aromatic N) is 1. The first-order valence-electron chi connectivity index (χ1n) is 6.75. The van der Waals surface area contributed by atoms with Gasteiger partial charge in [-0.3, -0.25) is 4.90 Å². The maximum absolute atomic E-state index is 5.86. The van der Waals surface area contributed by atoms with E-state index in [1.165, 1.54) is 11.1 Å². The van der Waals surface area contributed by atoms with Crippen molar-refractivity contribution in [2.45, 2.75) is 20.0 Å². The maximum Gasteiger partial charge on any atom is 0.123 e. The van der Waals surface area contributed by atoms with Crippen LogP contribution in [0.3, 0.4) is 0 Å². The number of methoxy groups -OCH3 is 1. The quantitative estimate of drug-likeness (QED) is 0.848. The molecule has 0 bridgehead atoms. The van der Waals surface area contributed by atoms with Crippen LogP contribution in [0.1, 0.15) is 16.7 Å². The summed E-state index contributed by atoms with van der Waals surface area (Å²) < 4.78 is 5.39. The summed E-state index contributed by atoms with van der Waals surface area (Å²) >= 11 is 0. The van der Waals surface area contributed by atoms with Crippen LogP contribution in [-0.4, -0.2) is 19.1 Å². The summed E-state index contributed by atoms with van der Waals surface area (Å²) in [5.74, 6) is 0.885. The minimum Gasteiger partial charge on any atom is -0.496 e. The van der Waals surface area contributed by atoms with Gasteiger partial charge in [0, 0.05) is 24.3 Å². The molecule has 2 rings (SSSR count). The minimum atomic E-state index is 0.769. The lowest BCUT2D eigenvalue weighted by Crippen LogP contribution is -2.18. The minimum absolute atomic E-state index is 0.769. The number of nitrogens with two attached hydrogens (primary N) is 1. The molecule has 0 radical (unpaired) electrons. The highest BCUT2D eigenvalue weighted by molar-refractivity contribution is 5.47. The number of hydrogen-bond acceptors (Lipinski definition) is 3. The molecule has 0 fully saturated rings. The van der Waals surface area contributed by atoms with Crippen LogP contribution in [0.4, 0.5) is 5.69 Å². The van der Waals surface area contributed by atoms with Gasteiger partial charge in [0.15, 0.2) is 0 Å². The lowest BCUT2D eigenvalue weighted by molar-refractivity contribution is 0.309. The van der Waals surface area contributed by atoms with E-state index in [1.807, 2.05) is 18.2 Å². The van der Waals surface area contributed by atoms with Gasteiger partial charge in [0.2, 0.25) is 0 Å². The Kier molecular flexibility index (Phi) is 4.64. The SMILES string of the molecule is COc1ccc(N)cc1CN(C)Cc1ccccc1C. The lowest BCUT2D eigenvalue weighted by atomic mass is 10.1. The Morgan fingerprint density at radius 1 is 1.05 bits per heavy atom. The number of ether oxygens (including phenoxy) is 1. The molecule has 0 saturated carbocycles. The van der Waals surface area contributed by atoms with Crippen molar-refractivity contribution in [3.05, 3.63) is 59.2 Å². The normalized spacial score (nSPS) is 10.8. The Bertz CT molecular complexity index is 581. The molecule has 0 saturated heterocycles. The van der Waals surface area contributed by atoms with E-state index >= 15 is 0 Å². The van der Waals surface area contributed by atoms with Gasteiger partial charge in [-0.05, 0) is 43.3 Å². The zero-order valence-electron chi connectivity index (χ0n) is 12.4. The maximum atomic E-state index is 5.86. The van der Waals surface area contributed by atoms with Crippen molar-refractivity contribution in [1.82, 2.24) is 4.90 Å². The van der Waals surface area contributed by atoms with Crippen molar-refractivity contribution in [3.63, 3.8) is 0 Å². The van der Waals surface area contributed by atoms with Crippen LogP contribution < -0.4 is 10.5 Å². The number of benzene rings is 2. The van der Waals surface area contributed by atoms with Crippen molar-refractivity contribution in [3.8, 4) is 5.75 Å². The van der Waals surface area contributed by atoms with Gasteiger partial charge >= 0.3 is 0 Å². The van der Waals surface area contributed by atoms with E-state index in [2.05, 4.69) is 43.1 Å². The topological polar surface area (TPSA) is 38.5 Å². The number of nitrogen functional groups attached to an aromatic ring is 1. The van der Waals surface area contributed by atoms with E-state index in [1.54, 1.807) is 7.11 Å². The van der Waals surface area contributed by atoms with E-state index in [-0.39, 0.29) is 0 Å². The van der Waals surface area contributed by atoms with E-state index in [9.17, 15) is 0 Å². The third-order valence-electron chi connectivity index (χ3n) is 3.45. The van der Waals surface area contributed by atoms with E-state index in [0.29, 0.717) is 0 Å². The first-order valence-corrected chi connectivity index (χ1v) is 6.75. The van der Waals surface area contributed by atoms with Gasteiger partial charge in [0.1, 0.15) is 5.75 Å². The molecule has 0 aliphatic rings. The first-order chi connectivity index (χ1) is 9.60. The third kappa shape index (κ3) is 3.52. The molecule has 0 spiro atoms. The van der Waals surface area contributed by atoms with Gasteiger partial charge in [-0.25, -0.2) is 0 Å². The highest BCUT2D eigenvalue weighted by Gasteiger charge is 2.08. The molecule has 106 valence electrons. The van der Waals surface area contributed by atoms with Gasteiger partial charge in [-0.1, -0.05) is 24.3 Å². The zero-order valence-corrected chi connectivity index (χ0v) is 12.4. The standard InChI is InChI=1S/C17H22N2O/c1-13-6-4-5-7-14(13)11-19(2)12-15-10-16(18)8-9-17(15)20-3/h4-10H,11-12,18H2,1-3H3.